The van der Waals surface area contributed by atoms with Gasteiger partial charge in [0.2, 0.25) is 5.89 Å². The van der Waals surface area contributed by atoms with Gasteiger partial charge < -0.3 is 14.0 Å². The fraction of sp³-hybridized carbons (Fsp3) is 0.500. The molecule has 0 amide bonds. The fourth-order valence-corrected chi connectivity index (χ4v) is 8.47. The Morgan fingerprint density at radius 1 is 1.00 bits per heavy atom. The van der Waals surface area contributed by atoms with Crippen molar-refractivity contribution in [2.45, 2.75) is 67.2 Å². The average Bonchev–Trinajstić information content (AvgIpc) is 3.38. The SMILES string of the molecule is O[C@](c1ccccc1)(c1ncc(C[N+]23CCC(CC2)C(Sc2cccc(F)c2)C3)o1)C1CCCCC1. The molecule has 0 radical (unpaired) electrons. The highest BCUT2D eigenvalue weighted by Crippen LogP contribution is 2.45. The van der Waals surface area contributed by atoms with E-state index in [0.29, 0.717) is 17.1 Å². The number of fused-ring (bicyclic) bond motifs is 3. The van der Waals surface area contributed by atoms with E-state index in [-0.39, 0.29) is 11.7 Å². The normalized spacial score (nSPS) is 28.2. The Balaban J connectivity index is 1.23. The van der Waals surface area contributed by atoms with Gasteiger partial charge in [0.1, 0.15) is 12.4 Å². The fourth-order valence-electron chi connectivity index (χ4n) is 6.93. The number of rotatable bonds is 7. The predicted octanol–water partition coefficient (Wildman–Crippen LogP) is 6.53. The molecular formula is C30H36FN2O2S+. The summed E-state index contributed by atoms with van der Waals surface area (Å²) in [7, 11) is 0. The highest BCUT2D eigenvalue weighted by Gasteiger charge is 2.48. The van der Waals surface area contributed by atoms with Crippen LogP contribution in [0.3, 0.4) is 0 Å². The molecule has 6 heteroatoms. The number of halogens is 1. The summed E-state index contributed by atoms with van der Waals surface area (Å²) in [5.41, 5.74) is -0.312. The Hall–Kier alpha value is -2.15. The van der Waals surface area contributed by atoms with Crippen LogP contribution in [-0.2, 0) is 12.1 Å². The number of hydrogen-bond donors (Lipinski definition) is 1. The Morgan fingerprint density at radius 3 is 2.53 bits per heavy atom. The molecule has 1 aliphatic carbocycles. The molecule has 1 N–H and O–H groups in total. The van der Waals surface area contributed by atoms with Crippen molar-refractivity contribution in [2.75, 3.05) is 19.6 Å². The quantitative estimate of drug-likeness (QED) is 0.369. The second-order valence-electron chi connectivity index (χ2n) is 11.2. The van der Waals surface area contributed by atoms with Crippen molar-refractivity contribution < 1.29 is 18.4 Å². The largest absolute Gasteiger partial charge is 0.436 e. The zero-order valence-electron chi connectivity index (χ0n) is 20.8. The molecule has 1 aromatic heterocycles. The van der Waals surface area contributed by atoms with E-state index < -0.39 is 5.60 Å². The summed E-state index contributed by atoms with van der Waals surface area (Å²) in [6.07, 6.45) is 9.74. The highest BCUT2D eigenvalue weighted by atomic mass is 32.2. The molecule has 4 aliphatic rings. The molecule has 2 bridgehead atoms. The molecule has 4 heterocycles. The van der Waals surface area contributed by atoms with Crippen LogP contribution in [0, 0.1) is 17.7 Å². The number of aliphatic hydroxyl groups is 1. The molecule has 7 rings (SSSR count). The van der Waals surface area contributed by atoms with E-state index in [1.165, 1.54) is 25.3 Å². The molecule has 3 aliphatic heterocycles. The van der Waals surface area contributed by atoms with Crippen molar-refractivity contribution >= 4 is 11.8 Å². The van der Waals surface area contributed by atoms with Gasteiger partial charge >= 0.3 is 0 Å². The van der Waals surface area contributed by atoms with Crippen LogP contribution in [0.2, 0.25) is 0 Å². The second kappa shape index (κ2) is 9.96. The van der Waals surface area contributed by atoms with Crippen molar-refractivity contribution in [1.82, 2.24) is 4.98 Å². The van der Waals surface area contributed by atoms with Gasteiger partial charge in [-0.05, 0) is 42.5 Å². The minimum atomic E-state index is -1.19. The predicted molar refractivity (Wildman–Crippen MR) is 140 cm³/mol. The topological polar surface area (TPSA) is 46.3 Å². The molecule has 190 valence electrons. The second-order valence-corrected chi connectivity index (χ2v) is 12.5. The van der Waals surface area contributed by atoms with Crippen LogP contribution in [0.5, 0.6) is 0 Å². The van der Waals surface area contributed by atoms with Crippen LogP contribution in [0.1, 0.15) is 62.2 Å². The maximum absolute atomic E-state index is 13.8. The minimum absolute atomic E-state index is 0.116. The Morgan fingerprint density at radius 2 is 1.78 bits per heavy atom. The van der Waals surface area contributed by atoms with E-state index in [1.54, 1.807) is 12.1 Å². The molecule has 2 aromatic carbocycles. The number of aromatic nitrogens is 1. The molecule has 3 saturated heterocycles. The molecule has 36 heavy (non-hydrogen) atoms. The Kier molecular flexibility index (Phi) is 6.69. The van der Waals surface area contributed by atoms with E-state index >= 15 is 0 Å². The average molecular weight is 508 g/mol. The van der Waals surface area contributed by atoms with Crippen molar-refractivity contribution in [1.29, 1.82) is 0 Å². The van der Waals surface area contributed by atoms with Gasteiger partial charge in [0.15, 0.2) is 11.4 Å². The third-order valence-electron chi connectivity index (χ3n) is 8.91. The monoisotopic (exact) mass is 507 g/mol. The van der Waals surface area contributed by atoms with Gasteiger partial charge in [0, 0.05) is 23.7 Å². The number of benzene rings is 2. The molecule has 1 saturated carbocycles. The third kappa shape index (κ3) is 4.64. The molecular weight excluding hydrogens is 471 g/mol. The summed E-state index contributed by atoms with van der Waals surface area (Å²) in [6.45, 7) is 4.15. The lowest BCUT2D eigenvalue weighted by atomic mass is 9.73. The number of piperidine rings is 3. The van der Waals surface area contributed by atoms with Gasteiger partial charge in [-0.2, -0.15) is 0 Å². The Bertz CT molecular complexity index is 1170. The first-order chi connectivity index (χ1) is 17.5. The zero-order chi connectivity index (χ0) is 24.6. The number of hydrogen-bond acceptors (Lipinski definition) is 4. The summed E-state index contributed by atoms with van der Waals surface area (Å²) in [5, 5.41) is 12.6. The number of thioether (sulfide) groups is 1. The first-order valence-corrected chi connectivity index (χ1v) is 14.4. The maximum Gasteiger partial charge on any atom is 0.231 e. The summed E-state index contributed by atoms with van der Waals surface area (Å²) in [4.78, 5) is 5.73. The lowest BCUT2D eigenvalue weighted by molar-refractivity contribution is -0.954. The minimum Gasteiger partial charge on any atom is -0.436 e. The molecule has 0 spiro atoms. The van der Waals surface area contributed by atoms with E-state index in [1.807, 2.05) is 54.4 Å². The van der Waals surface area contributed by atoms with E-state index in [2.05, 4.69) is 0 Å². The van der Waals surface area contributed by atoms with Gasteiger partial charge in [-0.15, -0.1) is 11.8 Å². The lowest BCUT2D eigenvalue weighted by Gasteiger charge is -2.52. The van der Waals surface area contributed by atoms with Crippen LogP contribution < -0.4 is 0 Å². The van der Waals surface area contributed by atoms with Gasteiger partial charge in [-0.3, -0.25) is 0 Å². The third-order valence-corrected chi connectivity index (χ3v) is 10.3. The molecule has 4 nitrogen and oxygen atoms in total. The van der Waals surface area contributed by atoms with Crippen molar-refractivity contribution in [2.24, 2.45) is 11.8 Å². The van der Waals surface area contributed by atoms with Crippen LogP contribution in [0.15, 0.2) is 70.1 Å². The lowest BCUT2D eigenvalue weighted by Crippen LogP contribution is -2.62. The summed E-state index contributed by atoms with van der Waals surface area (Å²) >= 11 is 1.83. The molecule has 2 atom stereocenters. The standard InChI is InChI=1S/C30H36FN2O2S/c31-25-12-7-13-27(18-25)36-28-21-33(16-14-22(28)15-17-33)20-26-19-32-29(35-26)30(34,23-8-3-1-4-9-23)24-10-5-2-6-11-24/h1,3-4,7-9,12-13,18-19,22,24,28,34H,2,5-6,10-11,14-17,20-21H2/q+1/t22?,28?,30-,33?/m0/s1. The van der Waals surface area contributed by atoms with Crippen molar-refractivity contribution in [3.8, 4) is 0 Å². The van der Waals surface area contributed by atoms with E-state index in [4.69, 9.17) is 9.40 Å². The van der Waals surface area contributed by atoms with Gasteiger partial charge in [-0.25, -0.2) is 9.37 Å². The number of quaternary nitrogens is 1. The first-order valence-electron chi connectivity index (χ1n) is 13.5. The van der Waals surface area contributed by atoms with Crippen LogP contribution in [0.25, 0.3) is 0 Å². The van der Waals surface area contributed by atoms with Gasteiger partial charge in [0.05, 0.1) is 31.1 Å². The molecule has 4 fully saturated rings. The molecule has 3 aromatic rings. The zero-order valence-corrected chi connectivity index (χ0v) is 21.6. The van der Waals surface area contributed by atoms with Crippen LogP contribution in [-0.4, -0.2) is 39.5 Å². The van der Waals surface area contributed by atoms with E-state index in [0.717, 1.165) is 72.6 Å². The number of oxazole rings is 1. The summed E-state index contributed by atoms with van der Waals surface area (Å²) in [6, 6.07) is 17.0. The summed E-state index contributed by atoms with van der Waals surface area (Å²) < 4.78 is 21.2. The van der Waals surface area contributed by atoms with Crippen LogP contribution >= 0.6 is 11.8 Å². The van der Waals surface area contributed by atoms with Crippen molar-refractivity contribution in [3.05, 3.63) is 83.8 Å². The Labute approximate surface area is 217 Å². The summed E-state index contributed by atoms with van der Waals surface area (Å²) in [5.74, 6) is 1.96. The highest BCUT2D eigenvalue weighted by molar-refractivity contribution is 8.00. The molecule has 1 unspecified atom stereocenters. The smallest absolute Gasteiger partial charge is 0.231 e. The van der Waals surface area contributed by atoms with E-state index in [9.17, 15) is 9.50 Å². The van der Waals surface area contributed by atoms with Crippen molar-refractivity contribution in [3.63, 3.8) is 0 Å². The first kappa shape index (κ1) is 24.2. The maximum atomic E-state index is 13.8. The van der Waals surface area contributed by atoms with Gasteiger partial charge in [-0.1, -0.05) is 55.7 Å². The van der Waals surface area contributed by atoms with Crippen LogP contribution in [0.4, 0.5) is 4.39 Å². The number of nitrogens with zero attached hydrogens (tertiary/aromatic N) is 2. The van der Waals surface area contributed by atoms with Gasteiger partial charge in [0.25, 0.3) is 0 Å².